The maximum atomic E-state index is 9.18. The smallest absolute Gasteiger partial charge is 0.0683 e. The van der Waals surface area contributed by atoms with Crippen LogP contribution in [0.5, 0.6) is 0 Å². The van der Waals surface area contributed by atoms with E-state index in [0.29, 0.717) is 0 Å². The quantitative estimate of drug-likeness (QED) is 0.635. The van der Waals surface area contributed by atoms with Crippen LogP contribution in [0.15, 0.2) is 0 Å². The van der Waals surface area contributed by atoms with E-state index >= 15 is 0 Å². The van der Waals surface area contributed by atoms with Gasteiger partial charge in [-0.05, 0) is 46.6 Å². The first-order chi connectivity index (χ1) is 6.89. The summed E-state index contributed by atoms with van der Waals surface area (Å²) in [4.78, 5) is 0. The van der Waals surface area contributed by atoms with Crippen LogP contribution in [-0.2, 0) is 0 Å². The highest BCUT2D eigenvalue weighted by atomic mass is 16.3. The molecule has 0 amide bonds. The first-order valence-corrected chi connectivity index (χ1v) is 5.66. The molecule has 0 aliphatic heterocycles. The average Bonchev–Trinajstić information content (AvgIpc) is 2.24. The Balaban J connectivity index is 3.77. The molecule has 0 rings (SSSR count). The van der Waals surface area contributed by atoms with E-state index < -0.39 is 0 Å². The van der Waals surface area contributed by atoms with Crippen LogP contribution in [0.2, 0.25) is 0 Å². The molecule has 0 aromatic carbocycles. The highest BCUT2D eigenvalue weighted by Gasteiger charge is 2.20. The summed E-state index contributed by atoms with van der Waals surface area (Å²) in [5.41, 5.74) is -0.402. The minimum absolute atomic E-state index is 0.158. The van der Waals surface area contributed by atoms with E-state index in [2.05, 4.69) is 18.3 Å². The third-order valence-electron chi connectivity index (χ3n) is 2.96. The van der Waals surface area contributed by atoms with Crippen molar-refractivity contribution in [3.05, 3.63) is 0 Å². The molecule has 0 saturated heterocycles. The molecule has 0 spiro atoms. The Kier molecular flexibility index (Phi) is 5.85. The minimum Gasteiger partial charge on any atom is -0.394 e. The number of rotatable bonds is 7. The molecule has 0 aliphatic carbocycles. The SMILES string of the molecule is CCC(C)(CO)NCCCC(C)(C)C#N. The van der Waals surface area contributed by atoms with E-state index in [1.165, 1.54) is 0 Å². The Hall–Kier alpha value is -0.590. The lowest BCUT2D eigenvalue weighted by Crippen LogP contribution is -2.45. The van der Waals surface area contributed by atoms with Gasteiger partial charge in [-0.3, -0.25) is 0 Å². The number of aliphatic hydroxyl groups excluding tert-OH is 1. The van der Waals surface area contributed by atoms with Crippen LogP contribution in [0.25, 0.3) is 0 Å². The number of hydrogen-bond acceptors (Lipinski definition) is 3. The van der Waals surface area contributed by atoms with Crippen molar-refractivity contribution in [3.8, 4) is 6.07 Å². The highest BCUT2D eigenvalue weighted by Crippen LogP contribution is 2.20. The number of nitrogens with zero attached hydrogens (tertiary/aromatic N) is 1. The monoisotopic (exact) mass is 212 g/mol. The third-order valence-corrected chi connectivity index (χ3v) is 2.96. The van der Waals surface area contributed by atoms with Gasteiger partial charge in [-0.2, -0.15) is 5.26 Å². The Morgan fingerprint density at radius 3 is 2.33 bits per heavy atom. The number of nitrogens with one attached hydrogen (secondary N) is 1. The van der Waals surface area contributed by atoms with Gasteiger partial charge in [0, 0.05) is 5.54 Å². The molecule has 0 radical (unpaired) electrons. The fraction of sp³-hybridized carbons (Fsp3) is 0.917. The van der Waals surface area contributed by atoms with Crippen LogP contribution in [0.4, 0.5) is 0 Å². The summed E-state index contributed by atoms with van der Waals surface area (Å²) in [6.45, 7) is 9.00. The molecule has 0 aliphatic rings. The van der Waals surface area contributed by atoms with Gasteiger partial charge in [0.15, 0.2) is 0 Å². The van der Waals surface area contributed by atoms with Gasteiger partial charge >= 0.3 is 0 Å². The van der Waals surface area contributed by atoms with Gasteiger partial charge in [-0.15, -0.1) is 0 Å². The third kappa shape index (κ3) is 5.76. The normalized spacial score (nSPS) is 15.7. The topological polar surface area (TPSA) is 56.0 Å². The average molecular weight is 212 g/mol. The predicted octanol–water partition coefficient (Wildman–Crippen LogP) is 2.07. The second-order valence-corrected chi connectivity index (χ2v) is 5.10. The minimum atomic E-state index is -0.233. The summed E-state index contributed by atoms with van der Waals surface area (Å²) in [5, 5.41) is 21.3. The molecule has 0 aromatic rings. The van der Waals surface area contributed by atoms with Crippen molar-refractivity contribution in [1.82, 2.24) is 5.32 Å². The summed E-state index contributed by atoms with van der Waals surface area (Å²) >= 11 is 0. The van der Waals surface area contributed by atoms with Gasteiger partial charge in [0.05, 0.1) is 18.1 Å². The molecule has 0 aromatic heterocycles. The zero-order chi connectivity index (χ0) is 11.9. The van der Waals surface area contributed by atoms with E-state index in [4.69, 9.17) is 5.26 Å². The van der Waals surface area contributed by atoms with Crippen molar-refractivity contribution in [2.75, 3.05) is 13.2 Å². The van der Waals surface area contributed by atoms with Crippen LogP contribution in [0, 0.1) is 16.7 Å². The molecule has 1 unspecified atom stereocenters. The lowest BCUT2D eigenvalue weighted by atomic mass is 9.89. The molecular formula is C12H24N2O. The first-order valence-electron chi connectivity index (χ1n) is 5.66. The summed E-state index contributed by atoms with van der Waals surface area (Å²) in [5.74, 6) is 0. The Labute approximate surface area is 93.5 Å². The summed E-state index contributed by atoms with van der Waals surface area (Å²) in [7, 11) is 0. The summed E-state index contributed by atoms with van der Waals surface area (Å²) in [6.07, 6.45) is 2.77. The lowest BCUT2D eigenvalue weighted by molar-refractivity contribution is 0.169. The van der Waals surface area contributed by atoms with E-state index in [-0.39, 0.29) is 17.6 Å². The molecule has 1 atom stereocenters. The van der Waals surface area contributed by atoms with Crippen LogP contribution < -0.4 is 5.32 Å². The molecule has 0 heterocycles. The van der Waals surface area contributed by atoms with Crippen molar-refractivity contribution < 1.29 is 5.11 Å². The predicted molar refractivity (Wildman–Crippen MR) is 62.4 cm³/mol. The fourth-order valence-corrected chi connectivity index (χ4v) is 1.27. The van der Waals surface area contributed by atoms with Gasteiger partial charge < -0.3 is 10.4 Å². The number of hydrogen-bond donors (Lipinski definition) is 2. The molecule has 0 saturated carbocycles. The molecule has 2 N–H and O–H groups in total. The van der Waals surface area contributed by atoms with Gasteiger partial charge in [-0.25, -0.2) is 0 Å². The molecule has 3 nitrogen and oxygen atoms in total. The fourth-order valence-electron chi connectivity index (χ4n) is 1.27. The first kappa shape index (κ1) is 14.4. The Morgan fingerprint density at radius 1 is 1.33 bits per heavy atom. The standard InChI is InChI=1S/C12H24N2O/c1-5-12(4,10-15)14-8-6-7-11(2,3)9-13/h14-15H,5-8,10H2,1-4H3. The molecule has 3 heteroatoms. The number of nitriles is 1. The van der Waals surface area contributed by atoms with Crippen molar-refractivity contribution >= 4 is 0 Å². The van der Waals surface area contributed by atoms with Gasteiger partial charge in [-0.1, -0.05) is 6.92 Å². The van der Waals surface area contributed by atoms with Crippen molar-refractivity contribution in [1.29, 1.82) is 5.26 Å². The summed E-state index contributed by atoms with van der Waals surface area (Å²) in [6, 6.07) is 2.29. The van der Waals surface area contributed by atoms with Crippen molar-refractivity contribution in [2.24, 2.45) is 5.41 Å². The highest BCUT2D eigenvalue weighted by molar-refractivity contribution is 4.91. The second kappa shape index (κ2) is 6.09. The summed E-state index contributed by atoms with van der Waals surface area (Å²) < 4.78 is 0. The van der Waals surface area contributed by atoms with Crippen molar-refractivity contribution in [3.63, 3.8) is 0 Å². The lowest BCUT2D eigenvalue weighted by Gasteiger charge is -2.27. The Morgan fingerprint density at radius 2 is 1.93 bits per heavy atom. The van der Waals surface area contributed by atoms with Gasteiger partial charge in [0.2, 0.25) is 0 Å². The van der Waals surface area contributed by atoms with Crippen LogP contribution in [0.1, 0.15) is 47.0 Å². The molecular weight excluding hydrogens is 188 g/mol. The van der Waals surface area contributed by atoms with E-state index in [0.717, 1.165) is 25.8 Å². The van der Waals surface area contributed by atoms with Gasteiger partial charge in [0.1, 0.15) is 0 Å². The van der Waals surface area contributed by atoms with E-state index in [1.54, 1.807) is 0 Å². The molecule has 88 valence electrons. The molecule has 15 heavy (non-hydrogen) atoms. The van der Waals surface area contributed by atoms with E-state index in [9.17, 15) is 5.11 Å². The van der Waals surface area contributed by atoms with E-state index in [1.807, 2.05) is 20.8 Å². The molecule has 0 bridgehead atoms. The number of aliphatic hydroxyl groups is 1. The maximum Gasteiger partial charge on any atom is 0.0683 e. The van der Waals surface area contributed by atoms with Crippen LogP contribution >= 0.6 is 0 Å². The maximum absolute atomic E-state index is 9.18. The van der Waals surface area contributed by atoms with Gasteiger partial charge in [0.25, 0.3) is 0 Å². The van der Waals surface area contributed by atoms with Crippen LogP contribution in [-0.4, -0.2) is 23.8 Å². The second-order valence-electron chi connectivity index (χ2n) is 5.10. The zero-order valence-corrected chi connectivity index (χ0v) is 10.4. The zero-order valence-electron chi connectivity index (χ0n) is 10.4. The van der Waals surface area contributed by atoms with Crippen LogP contribution in [0.3, 0.4) is 0 Å². The molecule has 0 fully saturated rings. The van der Waals surface area contributed by atoms with Crippen molar-refractivity contribution in [2.45, 2.75) is 52.5 Å². The Bertz CT molecular complexity index is 214. The largest absolute Gasteiger partial charge is 0.394 e.